The maximum absolute atomic E-state index is 13.2. The van der Waals surface area contributed by atoms with Gasteiger partial charge in [-0.25, -0.2) is 14.2 Å². The summed E-state index contributed by atoms with van der Waals surface area (Å²) in [4.78, 5) is 17.5. The molecule has 17 heavy (non-hydrogen) atoms. The summed E-state index contributed by atoms with van der Waals surface area (Å²) in [6.07, 6.45) is 2.92. The molecular formula is C11H11FN2O2S. The van der Waals surface area contributed by atoms with Gasteiger partial charge in [-0.1, -0.05) is 0 Å². The van der Waals surface area contributed by atoms with E-state index < -0.39 is 12.1 Å². The first-order chi connectivity index (χ1) is 8.22. The van der Waals surface area contributed by atoms with Gasteiger partial charge in [-0.05, 0) is 13.3 Å². The van der Waals surface area contributed by atoms with Crippen molar-refractivity contribution in [3.05, 3.63) is 23.1 Å². The van der Waals surface area contributed by atoms with E-state index in [2.05, 4.69) is 4.98 Å². The summed E-state index contributed by atoms with van der Waals surface area (Å²) in [5.41, 5.74) is 0.439. The van der Waals surface area contributed by atoms with Crippen molar-refractivity contribution >= 4 is 22.1 Å². The average Bonchev–Trinajstić information content (AvgIpc) is 2.74. The lowest BCUT2D eigenvalue weighted by molar-refractivity contribution is 0.0517. The molecule has 0 bridgehead atoms. The fraction of sp³-hybridized carbons (Fsp3) is 0.455. The standard InChI is InChI=1S/C11H11FN2O2S/c1-2-16-11(15)9-10(6-3-7(6)12)17-8-4-13-5-14(8)9/h4-7H,2-3H2,1H3/t6-,7-/m1/s1. The molecule has 2 aromatic heterocycles. The average molecular weight is 254 g/mol. The van der Waals surface area contributed by atoms with E-state index in [1.165, 1.54) is 11.3 Å². The molecule has 90 valence electrons. The van der Waals surface area contributed by atoms with Gasteiger partial charge in [-0.15, -0.1) is 11.3 Å². The van der Waals surface area contributed by atoms with Crippen molar-refractivity contribution in [2.45, 2.75) is 25.4 Å². The Bertz CT molecular complexity index is 577. The first-order valence-electron chi connectivity index (χ1n) is 5.48. The van der Waals surface area contributed by atoms with Crippen molar-refractivity contribution in [1.29, 1.82) is 0 Å². The Balaban J connectivity index is 2.10. The largest absolute Gasteiger partial charge is 0.461 e. The minimum Gasteiger partial charge on any atom is -0.461 e. The lowest BCUT2D eigenvalue weighted by Gasteiger charge is -2.02. The van der Waals surface area contributed by atoms with Crippen molar-refractivity contribution in [3.63, 3.8) is 0 Å². The molecule has 2 atom stereocenters. The van der Waals surface area contributed by atoms with E-state index in [4.69, 9.17) is 4.74 Å². The van der Waals surface area contributed by atoms with Gasteiger partial charge < -0.3 is 4.74 Å². The smallest absolute Gasteiger partial charge is 0.356 e. The van der Waals surface area contributed by atoms with Gasteiger partial charge in [-0.2, -0.15) is 0 Å². The molecule has 0 spiro atoms. The van der Waals surface area contributed by atoms with Gasteiger partial charge in [0.1, 0.15) is 23.0 Å². The molecule has 6 heteroatoms. The second-order valence-electron chi connectivity index (χ2n) is 4.00. The van der Waals surface area contributed by atoms with Crippen LogP contribution >= 0.6 is 11.3 Å². The maximum atomic E-state index is 13.2. The lowest BCUT2D eigenvalue weighted by Crippen LogP contribution is -2.09. The van der Waals surface area contributed by atoms with E-state index in [9.17, 15) is 9.18 Å². The third-order valence-electron chi connectivity index (χ3n) is 2.81. The number of ether oxygens (including phenoxy) is 1. The van der Waals surface area contributed by atoms with Crippen molar-refractivity contribution in [1.82, 2.24) is 9.38 Å². The molecule has 1 saturated carbocycles. The van der Waals surface area contributed by atoms with Crippen molar-refractivity contribution in [3.8, 4) is 0 Å². The molecule has 1 fully saturated rings. The normalized spacial score (nSPS) is 22.9. The van der Waals surface area contributed by atoms with Gasteiger partial charge in [-0.3, -0.25) is 4.40 Å². The quantitative estimate of drug-likeness (QED) is 0.790. The minimum absolute atomic E-state index is 0.140. The second-order valence-corrected chi connectivity index (χ2v) is 5.06. The Morgan fingerprint density at radius 2 is 2.53 bits per heavy atom. The third-order valence-corrected chi connectivity index (χ3v) is 4.04. The third kappa shape index (κ3) is 1.63. The summed E-state index contributed by atoms with van der Waals surface area (Å²) >= 11 is 1.42. The van der Waals surface area contributed by atoms with Crippen LogP contribution in [0.1, 0.15) is 34.6 Å². The number of halogens is 1. The molecular weight excluding hydrogens is 243 g/mol. The van der Waals surface area contributed by atoms with Gasteiger partial charge in [0.25, 0.3) is 0 Å². The van der Waals surface area contributed by atoms with Gasteiger partial charge in [0, 0.05) is 10.8 Å². The lowest BCUT2D eigenvalue weighted by atomic mass is 10.2. The summed E-state index contributed by atoms with van der Waals surface area (Å²) in [7, 11) is 0. The summed E-state index contributed by atoms with van der Waals surface area (Å²) in [6.45, 7) is 2.07. The van der Waals surface area contributed by atoms with Crippen LogP contribution in [0.3, 0.4) is 0 Å². The highest BCUT2D eigenvalue weighted by Gasteiger charge is 2.43. The van der Waals surface area contributed by atoms with Gasteiger partial charge in [0.2, 0.25) is 0 Å². The molecule has 4 nitrogen and oxygen atoms in total. The molecule has 3 rings (SSSR count). The molecule has 0 aliphatic heterocycles. The Labute approximate surface area is 101 Å². The van der Waals surface area contributed by atoms with Crippen LogP contribution in [0.2, 0.25) is 0 Å². The van der Waals surface area contributed by atoms with Gasteiger partial charge in [0.05, 0.1) is 12.8 Å². The summed E-state index contributed by atoms with van der Waals surface area (Å²) in [5, 5.41) is 0. The van der Waals surface area contributed by atoms with Crippen LogP contribution in [0, 0.1) is 0 Å². The number of carbonyl (C=O) groups is 1. The minimum atomic E-state index is -0.820. The zero-order valence-electron chi connectivity index (χ0n) is 9.22. The number of imidazole rings is 1. The zero-order chi connectivity index (χ0) is 12.0. The van der Waals surface area contributed by atoms with Crippen molar-refractivity contribution < 1.29 is 13.9 Å². The molecule has 1 aliphatic carbocycles. The first-order valence-corrected chi connectivity index (χ1v) is 6.30. The van der Waals surface area contributed by atoms with E-state index in [0.717, 1.165) is 9.71 Å². The van der Waals surface area contributed by atoms with Crippen LogP contribution in [0.25, 0.3) is 4.83 Å². The number of carbonyl (C=O) groups excluding carboxylic acids is 1. The zero-order valence-corrected chi connectivity index (χ0v) is 10.0. The van der Waals surface area contributed by atoms with Crippen LogP contribution in [-0.2, 0) is 4.74 Å². The van der Waals surface area contributed by atoms with Crippen LogP contribution in [-0.4, -0.2) is 28.1 Å². The number of esters is 1. The Hall–Kier alpha value is -1.43. The number of fused-ring (bicyclic) bond motifs is 1. The molecule has 0 N–H and O–H groups in total. The summed E-state index contributed by atoms with van der Waals surface area (Å²) in [6, 6.07) is 0. The van der Waals surface area contributed by atoms with Crippen molar-refractivity contribution in [2.24, 2.45) is 0 Å². The fourth-order valence-corrected chi connectivity index (χ4v) is 3.14. The predicted octanol–water partition coefficient (Wildman–Crippen LogP) is 2.40. The number of rotatable bonds is 3. The topological polar surface area (TPSA) is 43.6 Å². The second kappa shape index (κ2) is 3.80. The Morgan fingerprint density at radius 3 is 3.18 bits per heavy atom. The predicted molar refractivity (Wildman–Crippen MR) is 61.3 cm³/mol. The summed E-state index contributed by atoms with van der Waals surface area (Å²) in [5.74, 6) is -0.537. The number of hydrogen-bond acceptors (Lipinski definition) is 4. The number of hydrogen-bond donors (Lipinski definition) is 0. The molecule has 0 unspecified atom stereocenters. The van der Waals surface area contributed by atoms with E-state index in [1.54, 1.807) is 23.8 Å². The first kappa shape index (κ1) is 10.7. The highest BCUT2D eigenvalue weighted by atomic mass is 32.1. The number of nitrogens with zero attached hydrogens (tertiary/aromatic N) is 2. The molecule has 2 heterocycles. The number of alkyl halides is 1. The summed E-state index contributed by atoms with van der Waals surface area (Å²) < 4.78 is 19.9. The van der Waals surface area contributed by atoms with Crippen LogP contribution in [0.4, 0.5) is 4.39 Å². The van der Waals surface area contributed by atoms with E-state index in [0.29, 0.717) is 18.7 Å². The monoisotopic (exact) mass is 254 g/mol. The maximum Gasteiger partial charge on any atom is 0.356 e. The highest BCUT2D eigenvalue weighted by Crippen LogP contribution is 2.48. The Kier molecular flexibility index (Phi) is 2.39. The van der Waals surface area contributed by atoms with Gasteiger partial charge >= 0.3 is 5.97 Å². The number of aromatic nitrogens is 2. The van der Waals surface area contributed by atoms with E-state index in [-0.39, 0.29) is 5.92 Å². The van der Waals surface area contributed by atoms with E-state index in [1.807, 2.05) is 0 Å². The highest BCUT2D eigenvalue weighted by molar-refractivity contribution is 7.17. The van der Waals surface area contributed by atoms with Crippen molar-refractivity contribution in [2.75, 3.05) is 6.61 Å². The molecule has 0 aromatic carbocycles. The molecule has 0 radical (unpaired) electrons. The number of thiazole rings is 1. The van der Waals surface area contributed by atoms with Gasteiger partial charge in [0.15, 0.2) is 0 Å². The Morgan fingerprint density at radius 1 is 1.76 bits per heavy atom. The molecule has 0 saturated heterocycles. The van der Waals surface area contributed by atoms with Crippen LogP contribution in [0.15, 0.2) is 12.5 Å². The molecule has 0 amide bonds. The van der Waals surface area contributed by atoms with E-state index >= 15 is 0 Å². The molecule has 2 aromatic rings. The van der Waals surface area contributed by atoms with Crippen LogP contribution < -0.4 is 0 Å². The fourth-order valence-electron chi connectivity index (χ4n) is 1.89. The SMILES string of the molecule is CCOC(=O)c1c([C@@H]2C[C@H]2F)sc2cncn12. The molecule has 1 aliphatic rings. The van der Waals surface area contributed by atoms with Crippen LogP contribution in [0.5, 0.6) is 0 Å².